The lowest BCUT2D eigenvalue weighted by Crippen LogP contribution is -2.31. The molecule has 0 bridgehead atoms. The van der Waals surface area contributed by atoms with Gasteiger partial charge >= 0.3 is 0 Å². The van der Waals surface area contributed by atoms with E-state index in [9.17, 15) is 4.79 Å². The summed E-state index contributed by atoms with van der Waals surface area (Å²) in [5, 5.41) is 4.03. The first-order valence-corrected chi connectivity index (χ1v) is 6.30. The largest absolute Gasteiger partial charge is 0.496 e. The van der Waals surface area contributed by atoms with Crippen LogP contribution in [0.15, 0.2) is 18.2 Å². The van der Waals surface area contributed by atoms with Crippen LogP contribution in [0, 0.1) is 0 Å². The SMILES string of the molecule is COc1ccc(Cl)cc1C1CN(C)C(=O)CCN1. The maximum atomic E-state index is 11.6. The first-order valence-electron chi connectivity index (χ1n) is 5.92. The van der Waals surface area contributed by atoms with E-state index in [0.717, 1.165) is 11.3 Å². The quantitative estimate of drug-likeness (QED) is 0.890. The fourth-order valence-electron chi connectivity index (χ4n) is 2.17. The van der Waals surface area contributed by atoms with Crippen LogP contribution >= 0.6 is 11.6 Å². The van der Waals surface area contributed by atoms with Crippen molar-refractivity contribution in [1.82, 2.24) is 10.2 Å². The molecule has 1 amide bonds. The molecular weight excluding hydrogens is 252 g/mol. The van der Waals surface area contributed by atoms with Crippen molar-refractivity contribution in [3.63, 3.8) is 0 Å². The van der Waals surface area contributed by atoms with Crippen LogP contribution in [0.3, 0.4) is 0 Å². The Morgan fingerprint density at radius 1 is 1.50 bits per heavy atom. The number of carbonyl (C=O) groups excluding carboxylic acids is 1. The molecule has 1 fully saturated rings. The van der Waals surface area contributed by atoms with Crippen LogP contribution in [0.4, 0.5) is 0 Å². The minimum absolute atomic E-state index is 0.0510. The first-order chi connectivity index (χ1) is 8.61. The van der Waals surface area contributed by atoms with Crippen molar-refractivity contribution in [2.45, 2.75) is 12.5 Å². The van der Waals surface area contributed by atoms with Gasteiger partial charge in [0.05, 0.1) is 13.2 Å². The van der Waals surface area contributed by atoms with Gasteiger partial charge in [0.1, 0.15) is 5.75 Å². The molecule has 1 aliphatic heterocycles. The minimum atomic E-state index is 0.0510. The lowest BCUT2D eigenvalue weighted by Gasteiger charge is -2.23. The van der Waals surface area contributed by atoms with Crippen molar-refractivity contribution >= 4 is 17.5 Å². The van der Waals surface area contributed by atoms with Gasteiger partial charge in [0, 0.05) is 37.1 Å². The number of halogens is 1. The monoisotopic (exact) mass is 268 g/mol. The molecular formula is C13H17ClN2O2. The highest BCUT2D eigenvalue weighted by molar-refractivity contribution is 6.30. The summed E-state index contributed by atoms with van der Waals surface area (Å²) in [5.41, 5.74) is 0.992. The van der Waals surface area contributed by atoms with Crippen molar-refractivity contribution in [3.05, 3.63) is 28.8 Å². The molecule has 1 aromatic rings. The maximum absolute atomic E-state index is 11.6. The van der Waals surface area contributed by atoms with Gasteiger partial charge in [-0.1, -0.05) is 11.6 Å². The Labute approximate surface area is 112 Å². The second kappa shape index (κ2) is 5.59. The van der Waals surface area contributed by atoms with Gasteiger partial charge in [-0.3, -0.25) is 4.79 Å². The third-order valence-electron chi connectivity index (χ3n) is 3.18. The molecule has 0 aliphatic carbocycles. The zero-order chi connectivity index (χ0) is 13.1. The van der Waals surface area contributed by atoms with E-state index in [1.165, 1.54) is 0 Å². The Morgan fingerprint density at radius 2 is 2.28 bits per heavy atom. The normalized spacial score (nSPS) is 20.7. The smallest absolute Gasteiger partial charge is 0.223 e. The van der Waals surface area contributed by atoms with Gasteiger partial charge in [-0.2, -0.15) is 0 Å². The van der Waals surface area contributed by atoms with Crippen LogP contribution in [0.1, 0.15) is 18.0 Å². The van der Waals surface area contributed by atoms with Gasteiger partial charge in [0.2, 0.25) is 5.91 Å². The molecule has 2 rings (SSSR count). The number of amides is 1. The Morgan fingerprint density at radius 3 is 3.00 bits per heavy atom. The Hall–Kier alpha value is -1.26. The van der Waals surface area contributed by atoms with E-state index in [1.54, 1.807) is 18.1 Å². The van der Waals surface area contributed by atoms with E-state index in [1.807, 2.05) is 19.2 Å². The molecule has 18 heavy (non-hydrogen) atoms. The zero-order valence-corrected chi connectivity index (χ0v) is 11.3. The summed E-state index contributed by atoms with van der Waals surface area (Å²) in [6.45, 7) is 1.29. The number of hydrogen-bond acceptors (Lipinski definition) is 3. The van der Waals surface area contributed by atoms with Crippen molar-refractivity contribution in [1.29, 1.82) is 0 Å². The number of nitrogens with one attached hydrogen (secondary N) is 1. The number of methoxy groups -OCH3 is 1. The fraction of sp³-hybridized carbons (Fsp3) is 0.462. The predicted molar refractivity (Wildman–Crippen MR) is 71.0 cm³/mol. The van der Waals surface area contributed by atoms with Crippen molar-refractivity contribution < 1.29 is 9.53 Å². The first kappa shape index (κ1) is 13.2. The Balaban J connectivity index is 2.29. The fourth-order valence-corrected chi connectivity index (χ4v) is 2.35. The van der Waals surface area contributed by atoms with Gasteiger partial charge in [0.15, 0.2) is 0 Å². The zero-order valence-electron chi connectivity index (χ0n) is 10.6. The number of benzene rings is 1. The van der Waals surface area contributed by atoms with Gasteiger partial charge in [-0.25, -0.2) is 0 Å². The average Bonchev–Trinajstić information content (AvgIpc) is 2.52. The average molecular weight is 269 g/mol. The molecule has 5 heteroatoms. The summed E-state index contributed by atoms with van der Waals surface area (Å²) in [4.78, 5) is 13.4. The van der Waals surface area contributed by atoms with Crippen molar-refractivity contribution in [2.75, 3.05) is 27.2 Å². The number of nitrogens with zero attached hydrogens (tertiary/aromatic N) is 1. The van der Waals surface area contributed by atoms with E-state index in [0.29, 0.717) is 24.5 Å². The molecule has 98 valence electrons. The predicted octanol–water partition coefficient (Wildman–Crippen LogP) is 1.84. The molecule has 1 aliphatic rings. The van der Waals surface area contributed by atoms with E-state index < -0.39 is 0 Å². The summed E-state index contributed by atoms with van der Waals surface area (Å²) in [5.74, 6) is 0.950. The third kappa shape index (κ3) is 2.76. The molecule has 1 N–H and O–H groups in total. The molecule has 1 atom stereocenters. The summed E-state index contributed by atoms with van der Waals surface area (Å²) in [7, 11) is 3.46. The minimum Gasteiger partial charge on any atom is -0.496 e. The molecule has 0 aromatic heterocycles. The highest BCUT2D eigenvalue weighted by Gasteiger charge is 2.23. The number of likely N-dealkylation sites (N-methyl/N-ethyl adjacent to an activating group) is 1. The van der Waals surface area contributed by atoms with Gasteiger partial charge < -0.3 is 15.0 Å². The highest BCUT2D eigenvalue weighted by Crippen LogP contribution is 2.29. The lowest BCUT2D eigenvalue weighted by atomic mass is 10.1. The van der Waals surface area contributed by atoms with Crippen LogP contribution in [0.25, 0.3) is 0 Å². The Kier molecular flexibility index (Phi) is 4.09. The van der Waals surface area contributed by atoms with Gasteiger partial charge in [-0.15, -0.1) is 0 Å². The maximum Gasteiger partial charge on any atom is 0.223 e. The molecule has 1 heterocycles. The molecule has 0 spiro atoms. The summed E-state index contributed by atoms with van der Waals surface area (Å²) >= 11 is 6.03. The number of carbonyl (C=O) groups is 1. The van der Waals surface area contributed by atoms with E-state index in [2.05, 4.69) is 5.32 Å². The van der Waals surface area contributed by atoms with Crippen LogP contribution in [0.2, 0.25) is 5.02 Å². The Bertz CT molecular complexity index is 451. The van der Waals surface area contributed by atoms with Crippen molar-refractivity contribution in [2.24, 2.45) is 0 Å². The summed E-state index contributed by atoms with van der Waals surface area (Å²) in [6, 6.07) is 5.60. The molecule has 1 unspecified atom stereocenters. The summed E-state index contributed by atoms with van der Waals surface area (Å²) < 4.78 is 5.35. The van der Waals surface area contributed by atoms with Crippen LogP contribution in [0.5, 0.6) is 5.75 Å². The third-order valence-corrected chi connectivity index (χ3v) is 3.41. The molecule has 0 radical (unpaired) electrons. The van der Waals surface area contributed by atoms with E-state index in [4.69, 9.17) is 16.3 Å². The number of hydrogen-bond donors (Lipinski definition) is 1. The topological polar surface area (TPSA) is 41.6 Å². The summed E-state index contributed by atoms with van der Waals surface area (Å²) in [6.07, 6.45) is 0.524. The molecule has 4 nitrogen and oxygen atoms in total. The van der Waals surface area contributed by atoms with Crippen LogP contribution < -0.4 is 10.1 Å². The molecule has 1 aromatic carbocycles. The van der Waals surface area contributed by atoms with E-state index >= 15 is 0 Å². The second-order valence-corrected chi connectivity index (χ2v) is 4.85. The second-order valence-electron chi connectivity index (χ2n) is 4.42. The lowest BCUT2D eigenvalue weighted by molar-refractivity contribution is -0.129. The van der Waals surface area contributed by atoms with Gasteiger partial charge in [-0.05, 0) is 18.2 Å². The standard InChI is InChI=1S/C13H17ClN2O2/c1-16-8-11(15-6-5-13(16)17)10-7-9(14)3-4-12(10)18-2/h3-4,7,11,15H,5-6,8H2,1-2H3. The van der Waals surface area contributed by atoms with E-state index in [-0.39, 0.29) is 11.9 Å². The van der Waals surface area contributed by atoms with Crippen LogP contribution in [-0.2, 0) is 4.79 Å². The van der Waals surface area contributed by atoms with Crippen LogP contribution in [-0.4, -0.2) is 38.1 Å². The highest BCUT2D eigenvalue weighted by atomic mass is 35.5. The molecule has 0 saturated carbocycles. The number of rotatable bonds is 2. The number of ether oxygens (including phenoxy) is 1. The van der Waals surface area contributed by atoms with Crippen molar-refractivity contribution in [3.8, 4) is 5.75 Å². The van der Waals surface area contributed by atoms with Gasteiger partial charge in [0.25, 0.3) is 0 Å². The molecule has 1 saturated heterocycles.